The van der Waals surface area contributed by atoms with E-state index in [1.807, 2.05) is 6.07 Å². The molecular weight excluding hydrogens is 432 g/mol. The second-order valence-electron chi connectivity index (χ2n) is 7.35. The molecule has 1 saturated heterocycles. The molecule has 0 aliphatic carbocycles. The van der Waals surface area contributed by atoms with E-state index in [4.69, 9.17) is 4.74 Å². The Bertz CT molecular complexity index is 1120. The van der Waals surface area contributed by atoms with Gasteiger partial charge in [-0.3, -0.25) is 20.4 Å². The maximum absolute atomic E-state index is 12.9. The molecule has 0 radical (unpaired) electrons. The highest BCUT2D eigenvalue weighted by Crippen LogP contribution is 2.25. The predicted octanol–water partition coefficient (Wildman–Crippen LogP) is 1.36. The Morgan fingerprint density at radius 2 is 1.75 bits per heavy atom. The molecule has 2 N–H and O–H groups in total. The summed E-state index contributed by atoms with van der Waals surface area (Å²) in [7, 11) is -2.26. The van der Waals surface area contributed by atoms with E-state index in [0.717, 1.165) is 5.56 Å². The van der Waals surface area contributed by atoms with E-state index in [-0.39, 0.29) is 41.8 Å². The van der Waals surface area contributed by atoms with E-state index in [0.29, 0.717) is 18.6 Å². The average Bonchev–Trinajstić information content (AvgIpc) is 2.83. The van der Waals surface area contributed by atoms with Crippen molar-refractivity contribution in [1.29, 1.82) is 5.26 Å². The molecule has 0 unspecified atom stereocenters. The maximum Gasteiger partial charge on any atom is 0.244 e. The first-order valence-corrected chi connectivity index (χ1v) is 11.5. The van der Waals surface area contributed by atoms with Crippen molar-refractivity contribution in [3.8, 4) is 11.8 Å². The third-order valence-corrected chi connectivity index (χ3v) is 7.26. The number of hydrogen-bond donors (Lipinski definition) is 2. The Labute approximate surface area is 187 Å². The summed E-state index contributed by atoms with van der Waals surface area (Å²) in [6, 6.07) is 15.0. The molecule has 1 aliphatic heterocycles. The molecule has 32 heavy (non-hydrogen) atoms. The average molecular weight is 457 g/mol. The summed E-state index contributed by atoms with van der Waals surface area (Å²) >= 11 is 0. The van der Waals surface area contributed by atoms with Crippen LogP contribution in [0.25, 0.3) is 0 Å². The Morgan fingerprint density at radius 1 is 1.09 bits per heavy atom. The third-order valence-electron chi connectivity index (χ3n) is 5.30. The van der Waals surface area contributed by atoms with Gasteiger partial charge in [-0.1, -0.05) is 24.3 Å². The van der Waals surface area contributed by atoms with Gasteiger partial charge in [0.05, 0.1) is 24.0 Å². The molecule has 0 spiro atoms. The van der Waals surface area contributed by atoms with Crippen molar-refractivity contribution in [3.63, 3.8) is 0 Å². The van der Waals surface area contributed by atoms with Crippen LogP contribution in [-0.4, -0.2) is 44.7 Å². The van der Waals surface area contributed by atoms with E-state index in [1.165, 1.54) is 16.4 Å². The Morgan fingerprint density at radius 3 is 2.38 bits per heavy atom. The number of hydrogen-bond acceptors (Lipinski definition) is 6. The molecule has 0 aromatic heterocycles. The van der Waals surface area contributed by atoms with Crippen LogP contribution in [0.2, 0.25) is 0 Å². The molecule has 3 rings (SSSR count). The lowest BCUT2D eigenvalue weighted by Crippen LogP contribution is -2.48. The molecule has 1 heterocycles. The smallest absolute Gasteiger partial charge is 0.244 e. The van der Waals surface area contributed by atoms with Gasteiger partial charge in [0.15, 0.2) is 0 Å². The standard InChI is InChI=1S/C22H24N4O5S/c1-31-19-8-6-16(7-9-19)14-21(27)24-25-22(28)17-10-12-26(13-11-17)32(29,30)20-5-3-2-4-18(20)15-23/h2-9,17H,10-14H2,1H3,(H,24,27)(H,25,28). The number of nitriles is 1. The number of piperidine rings is 1. The summed E-state index contributed by atoms with van der Waals surface area (Å²) in [4.78, 5) is 24.5. The van der Waals surface area contributed by atoms with Crippen LogP contribution < -0.4 is 15.6 Å². The highest BCUT2D eigenvalue weighted by atomic mass is 32.2. The quantitative estimate of drug-likeness (QED) is 0.632. The fourth-order valence-corrected chi connectivity index (χ4v) is 5.10. The van der Waals surface area contributed by atoms with Gasteiger partial charge in [0.25, 0.3) is 0 Å². The minimum Gasteiger partial charge on any atom is -0.497 e. The second kappa shape index (κ2) is 10.3. The van der Waals surface area contributed by atoms with Crippen LogP contribution in [0.15, 0.2) is 53.4 Å². The largest absolute Gasteiger partial charge is 0.497 e. The molecule has 2 aromatic carbocycles. The van der Waals surface area contributed by atoms with Crippen molar-refractivity contribution < 1.29 is 22.7 Å². The van der Waals surface area contributed by atoms with E-state index in [9.17, 15) is 23.3 Å². The van der Waals surface area contributed by atoms with Crippen LogP contribution in [0.4, 0.5) is 0 Å². The molecule has 10 heteroatoms. The van der Waals surface area contributed by atoms with E-state index >= 15 is 0 Å². The summed E-state index contributed by atoms with van der Waals surface area (Å²) in [5, 5.41) is 9.19. The number of nitrogens with zero attached hydrogens (tertiary/aromatic N) is 2. The van der Waals surface area contributed by atoms with Crippen molar-refractivity contribution in [3.05, 3.63) is 59.7 Å². The number of hydrazine groups is 1. The lowest BCUT2D eigenvalue weighted by atomic mass is 9.98. The minimum absolute atomic E-state index is 0.0313. The lowest BCUT2D eigenvalue weighted by Gasteiger charge is -2.30. The number of carbonyl (C=O) groups excluding carboxylic acids is 2. The van der Waals surface area contributed by atoms with Gasteiger partial charge in [0.1, 0.15) is 11.8 Å². The second-order valence-corrected chi connectivity index (χ2v) is 9.25. The van der Waals surface area contributed by atoms with Crippen LogP contribution in [0, 0.1) is 17.2 Å². The summed E-state index contributed by atoms with van der Waals surface area (Å²) in [5.74, 6) is -0.458. The van der Waals surface area contributed by atoms with Gasteiger partial charge < -0.3 is 4.74 Å². The van der Waals surface area contributed by atoms with Gasteiger partial charge in [-0.15, -0.1) is 0 Å². The zero-order valence-corrected chi connectivity index (χ0v) is 18.4. The lowest BCUT2D eigenvalue weighted by molar-refractivity contribution is -0.131. The minimum atomic E-state index is -3.82. The number of ether oxygens (including phenoxy) is 1. The molecular formula is C22H24N4O5S. The number of amides is 2. The highest BCUT2D eigenvalue weighted by Gasteiger charge is 2.33. The number of methoxy groups -OCH3 is 1. The van der Waals surface area contributed by atoms with E-state index in [2.05, 4.69) is 10.9 Å². The summed E-state index contributed by atoms with van der Waals surface area (Å²) in [6.45, 7) is 0.306. The van der Waals surface area contributed by atoms with Crippen LogP contribution in [0.1, 0.15) is 24.0 Å². The van der Waals surface area contributed by atoms with Crippen molar-refractivity contribution in [2.45, 2.75) is 24.2 Å². The Balaban J connectivity index is 1.49. The van der Waals surface area contributed by atoms with Crippen LogP contribution in [0.5, 0.6) is 5.75 Å². The first-order valence-electron chi connectivity index (χ1n) is 10.1. The topological polar surface area (TPSA) is 129 Å². The SMILES string of the molecule is COc1ccc(CC(=O)NNC(=O)C2CCN(S(=O)(=O)c3ccccc3C#N)CC2)cc1. The number of sulfonamides is 1. The van der Waals surface area contributed by atoms with Crippen LogP contribution >= 0.6 is 0 Å². The van der Waals surface area contributed by atoms with E-state index in [1.54, 1.807) is 43.5 Å². The first-order chi connectivity index (χ1) is 15.3. The zero-order valence-electron chi connectivity index (χ0n) is 17.6. The summed E-state index contributed by atoms with van der Waals surface area (Å²) in [6.07, 6.45) is 0.724. The van der Waals surface area contributed by atoms with Gasteiger partial charge in [-0.2, -0.15) is 9.57 Å². The molecule has 1 aliphatic rings. The molecule has 168 valence electrons. The molecule has 2 aromatic rings. The van der Waals surface area contributed by atoms with Crippen molar-refractivity contribution >= 4 is 21.8 Å². The Kier molecular flexibility index (Phi) is 7.45. The van der Waals surface area contributed by atoms with Crippen LogP contribution in [-0.2, 0) is 26.0 Å². The monoisotopic (exact) mass is 456 g/mol. The van der Waals surface area contributed by atoms with Gasteiger partial charge in [0.2, 0.25) is 21.8 Å². The van der Waals surface area contributed by atoms with Gasteiger partial charge in [-0.05, 0) is 42.7 Å². The first kappa shape index (κ1) is 23.2. The summed E-state index contributed by atoms with van der Waals surface area (Å²) in [5.41, 5.74) is 5.69. The molecule has 9 nitrogen and oxygen atoms in total. The molecule has 0 bridgehead atoms. The predicted molar refractivity (Wildman–Crippen MR) is 116 cm³/mol. The highest BCUT2D eigenvalue weighted by molar-refractivity contribution is 7.89. The van der Waals surface area contributed by atoms with Gasteiger partial charge in [0, 0.05) is 19.0 Å². The molecule has 0 atom stereocenters. The normalized spacial score (nSPS) is 14.9. The van der Waals surface area contributed by atoms with Crippen LogP contribution in [0.3, 0.4) is 0 Å². The Hall–Kier alpha value is -3.42. The third kappa shape index (κ3) is 5.43. The number of rotatable bonds is 6. The number of benzene rings is 2. The fourth-order valence-electron chi connectivity index (χ4n) is 3.49. The van der Waals surface area contributed by atoms with Gasteiger partial charge in [-0.25, -0.2) is 8.42 Å². The zero-order chi connectivity index (χ0) is 23.1. The maximum atomic E-state index is 12.9. The van der Waals surface area contributed by atoms with E-state index < -0.39 is 15.9 Å². The molecule has 0 saturated carbocycles. The van der Waals surface area contributed by atoms with Crippen molar-refractivity contribution in [2.24, 2.45) is 5.92 Å². The number of nitrogens with one attached hydrogen (secondary N) is 2. The van der Waals surface area contributed by atoms with Crippen molar-refractivity contribution in [1.82, 2.24) is 15.2 Å². The molecule has 2 amide bonds. The summed E-state index contributed by atoms with van der Waals surface area (Å²) < 4.78 is 32.1. The van der Waals surface area contributed by atoms with Gasteiger partial charge >= 0.3 is 0 Å². The molecule has 1 fully saturated rings. The number of carbonyl (C=O) groups is 2. The fraction of sp³-hybridized carbons (Fsp3) is 0.318. The van der Waals surface area contributed by atoms with Crippen molar-refractivity contribution in [2.75, 3.05) is 20.2 Å².